The molecule has 1 aliphatic heterocycles. The zero-order valence-corrected chi connectivity index (χ0v) is 8.60. The summed E-state index contributed by atoms with van der Waals surface area (Å²) in [6.07, 6.45) is 3.46. The molecule has 2 rings (SSSR count). The van der Waals surface area contributed by atoms with Gasteiger partial charge in [-0.1, -0.05) is 0 Å². The molecule has 1 saturated heterocycles. The predicted molar refractivity (Wildman–Crippen MR) is 50.9 cm³/mol. The van der Waals surface area contributed by atoms with Gasteiger partial charge in [0.15, 0.2) is 0 Å². The molecule has 76 valence electrons. The second-order valence-electron chi connectivity index (χ2n) is 4.07. The molecule has 2 atom stereocenters. The van der Waals surface area contributed by atoms with E-state index in [2.05, 4.69) is 10.0 Å². The summed E-state index contributed by atoms with van der Waals surface area (Å²) in [4.78, 5) is 0. The number of hydrogen-bond acceptors (Lipinski definition) is 3. The first kappa shape index (κ1) is 9.43. The summed E-state index contributed by atoms with van der Waals surface area (Å²) in [6.45, 7) is 2.06. The topological polar surface area (TPSA) is 58.2 Å². The van der Waals surface area contributed by atoms with E-state index in [1.807, 2.05) is 0 Å². The van der Waals surface area contributed by atoms with Gasteiger partial charge in [0.1, 0.15) is 0 Å². The van der Waals surface area contributed by atoms with Crippen LogP contribution < -0.4 is 10.0 Å². The maximum absolute atomic E-state index is 11.0. The largest absolute Gasteiger partial charge is 0.317 e. The molecular weight excluding hydrogens is 188 g/mol. The van der Waals surface area contributed by atoms with Gasteiger partial charge in [0.05, 0.1) is 6.26 Å². The highest BCUT2D eigenvalue weighted by molar-refractivity contribution is 7.88. The molecule has 0 aromatic carbocycles. The molecule has 0 aromatic heterocycles. The van der Waals surface area contributed by atoms with E-state index in [0.717, 1.165) is 25.9 Å². The van der Waals surface area contributed by atoms with E-state index in [0.29, 0.717) is 11.8 Å². The monoisotopic (exact) mass is 204 g/mol. The second kappa shape index (κ2) is 3.22. The van der Waals surface area contributed by atoms with Crippen molar-refractivity contribution < 1.29 is 8.42 Å². The van der Waals surface area contributed by atoms with Gasteiger partial charge in [-0.15, -0.1) is 0 Å². The van der Waals surface area contributed by atoms with E-state index in [1.54, 1.807) is 0 Å². The van der Waals surface area contributed by atoms with Crippen molar-refractivity contribution in [3.8, 4) is 0 Å². The minimum absolute atomic E-state index is 0.233. The summed E-state index contributed by atoms with van der Waals surface area (Å²) in [5.74, 6) is 1.18. The van der Waals surface area contributed by atoms with Crippen LogP contribution in [0.5, 0.6) is 0 Å². The van der Waals surface area contributed by atoms with Crippen molar-refractivity contribution in [3.63, 3.8) is 0 Å². The Hall–Kier alpha value is -0.130. The molecule has 2 fully saturated rings. The first-order valence-corrected chi connectivity index (χ1v) is 6.65. The summed E-state index contributed by atoms with van der Waals surface area (Å²) in [5, 5.41) is 3.31. The van der Waals surface area contributed by atoms with Crippen LogP contribution in [0, 0.1) is 11.8 Å². The average molecular weight is 204 g/mol. The van der Waals surface area contributed by atoms with Crippen molar-refractivity contribution in [1.82, 2.24) is 10.0 Å². The molecule has 0 radical (unpaired) electrons. The van der Waals surface area contributed by atoms with Crippen molar-refractivity contribution in [2.75, 3.05) is 19.3 Å². The fourth-order valence-electron chi connectivity index (χ4n) is 2.32. The predicted octanol–water partition coefficient (Wildman–Crippen LogP) is -0.466. The fraction of sp³-hybridized carbons (Fsp3) is 1.00. The average Bonchev–Trinajstić information content (AvgIpc) is 2.65. The van der Waals surface area contributed by atoms with E-state index in [1.165, 1.54) is 6.26 Å². The Bertz CT molecular complexity index is 277. The maximum atomic E-state index is 11.0. The summed E-state index contributed by atoms with van der Waals surface area (Å²) in [7, 11) is -3.00. The Balaban J connectivity index is 1.92. The molecule has 2 unspecified atom stereocenters. The standard InChI is InChI=1S/C8H16N2O2S/c1-13(11,12)10-8-6-2-4-9-5-3-7(6)8/h6-10H,2-5H2,1H3. The number of nitrogens with one attached hydrogen (secondary N) is 2. The number of hydrogen-bond donors (Lipinski definition) is 2. The number of rotatable bonds is 2. The van der Waals surface area contributed by atoms with Crippen molar-refractivity contribution in [2.24, 2.45) is 11.8 Å². The molecule has 0 bridgehead atoms. The molecule has 1 aliphatic carbocycles. The summed E-state index contributed by atoms with van der Waals surface area (Å²) in [5.41, 5.74) is 0. The third kappa shape index (κ3) is 2.21. The Morgan fingerprint density at radius 1 is 1.23 bits per heavy atom. The molecule has 2 N–H and O–H groups in total. The van der Waals surface area contributed by atoms with Crippen LogP contribution in [0.15, 0.2) is 0 Å². The van der Waals surface area contributed by atoms with E-state index in [9.17, 15) is 8.42 Å². The van der Waals surface area contributed by atoms with Crippen LogP contribution in [0.1, 0.15) is 12.8 Å². The third-order valence-corrected chi connectivity index (χ3v) is 3.69. The van der Waals surface area contributed by atoms with Crippen LogP contribution in [0.3, 0.4) is 0 Å². The zero-order chi connectivity index (χ0) is 9.47. The summed E-state index contributed by atoms with van der Waals surface area (Å²) >= 11 is 0. The lowest BCUT2D eigenvalue weighted by Crippen LogP contribution is -2.28. The van der Waals surface area contributed by atoms with E-state index >= 15 is 0 Å². The maximum Gasteiger partial charge on any atom is 0.208 e. The lowest BCUT2D eigenvalue weighted by atomic mass is 10.2. The Labute approximate surface area is 79.1 Å². The zero-order valence-electron chi connectivity index (χ0n) is 7.79. The Morgan fingerprint density at radius 3 is 2.23 bits per heavy atom. The van der Waals surface area contributed by atoms with E-state index in [-0.39, 0.29) is 6.04 Å². The minimum Gasteiger partial charge on any atom is -0.317 e. The first-order valence-electron chi connectivity index (χ1n) is 4.76. The quantitative estimate of drug-likeness (QED) is 0.639. The molecule has 4 nitrogen and oxygen atoms in total. The van der Waals surface area contributed by atoms with Gasteiger partial charge in [0.2, 0.25) is 10.0 Å². The molecule has 0 amide bonds. The molecule has 5 heteroatoms. The van der Waals surface area contributed by atoms with Gasteiger partial charge in [-0.3, -0.25) is 0 Å². The van der Waals surface area contributed by atoms with Crippen LogP contribution in [0.25, 0.3) is 0 Å². The smallest absolute Gasteiger partial charge is 0.208 e. The van der Waals surface area contributed by atoms with Crippen molar-refractivity contribution in [1.29, 1.82) is 0 Å². The SMILES string of the molecule is CS(=O)(=O)NC1C2CCNCCC21. The van der Waals surface area contributed by atoms with Gasteiger partial charge in [0, 0.05) is 6.04 Å². The van der Waals surface area contributed by atoms with Gasteiger partial charge in [-0.05, 0) is 37.8 Å². The number of sulfonamides is 1. The third-order valence-electron chi connectivity index (χ3n) is 2.99. The van der Waals surface area contributed by atoms with Gasteiger partial charge in [0.25, 0.3) is 0 Å². The number of fused-ring (bicyclic) bond motifs is 1. The Morgan fingerprint density at radius 2 is 1.77 bits per heavy atom. The highest BCUT2D eigenvalue weighted by Gasteiger charge is 2.50. The lowest BCUT2D eigenvalue weighted by Gasteiger charge is -2.04. The molecular formula is C8H16N2O2S. The second-order valence-corrected chi connectivity index (χ2v) is 5.85. The highest BCUT2D eigenvalue weighted by atomic mass is 32.2. The van der Waals surface area contributed by atoms with Crippen LogP contribution in [0.2, 0.25) is 0 Å². The van der Waals surface area contributed by atoms with Gasteiger partial charge < -0.3 is 5.32 Å². The van der Waals surface area contributed by atoms with Crippen molar-refractivity contribution in [2.45, 2.75) is 18.9 Å². The van der Waals surface area contributed by atoms with E-state index < -0.39 is 10.0 Å². The molecule has 0 spiro atoms. The van der Waals surface area contributed by atoms with Crippen molar-refractivity contribution in [3.05, 3.63) is 0 Å². The molecule has 1 heterocycles. The fourth-order valence-corrected chi connectivity index (χ4v) is 3.16. The van der Waals surface area contributed by atoms with Crippen molar-refractivity contribution >= 4 is 10.0 Å². The first-order chi connectivity index (χ1) is 6.08. The van der Waals surface area contributed by atoms with Crippen LogP contribution in [-0.2, 0) is 10.0 Å². The van der Waals surface area contributed by atoms with E-state index in [4.69, 9.17) is 0 Å². The molecule has 1 saturated carbocycles. The summed E-state index contributed by atoms with van der Waals surface area (Å²) < 4.78 is 24.7. The lowest BCUT2D eigenvalue weighted by molar-refractivity contribution is 0.567. The van der Waals surface area contributed by atoms with Crippen LogP contribution in [-0.4, -0.2) is 33.8 Å². The normalized spacial score (nSPS) is 39.3. The summed E-state index contributed by atoms with van der Waals surface area (Å²) in [6, 6.07) is 0.233. The van der Waals surface area contributed by atoms with Gasteiger partial charge >= 0.3 is 0 Å². The Kier molecular flexibility index (Phi) is 2.33. The highest BCUT2D eigenvalue weighted by Crippen LogP contribution is 2.45. The minimum atomic E-state index is -3.00. The van der Waals surface area contributed by atoms with Gasteiger partial charge in [-0.2, -0.15) is 0 Å². The molecule has 13 heavy (non-hydrogen) atoms. The van der Waals surface area contributed by atoms with Crippen LogP contribution >= 0.6 is 0 Å². The van der Waals surface area contributed by atoms with Gasteiger partial charge in [-0.25, -0.2) is 13.1 Å². The van der Waals surface area contributed by atoms with Crippen LogP contribution in [0.4, 0.5) is 0 Å². The molecule has 2 aliphatic rings. The molecule has 0 aromatic rings.